The van der Waals surface area contributed by atoms with Crippen LogP contribution in [0, 0.1) is 0 Å². The van der Waals surface area contributed by atoms with Crippen LogP contribution in [0.2, 0.25) is 0 Å². The molecule has 0 bridgehead atoms. The van der Waals surface area contributed by atoms with Gasteiger partial charge in [-0.15, -0.1) is 0 Å². The highest BCUT2D eigenvalue weighted by molar-refractivity contribution is 5.97. The minimum Gasteiger partial charge on any atom is -0.490 e. The van der Waals surface area contributed by atoms with Crippen molar-refractivity contribution >= 4 is 5.91 Å². The van der Waals surface area contributed by atoms with Crippen LogP contribution in [0.3, 0.4) is 0 Å². The van der Waals surface area contributed by atoms with Crippen LogP contribution in [-0.4, -0.2) is 31.3 Å². The maximum atomic E-state index is 12.5. The summed E-state index contributed by atoms with van der Waals surface area (Å²) in [4.78, 5) is 12.5. The van der Waals surface area contributed by atoms with E-state index in [2.05, 4.69) is 5.32 Å². The molecule has 22 heavy (non-hydrogen) atoms. The smallest absolute Gasteiger partial charge is 0.255 e. The molecule has 1 aliphatic carbocycles. The van der Waals surface area contributed by atoms with Crippen LogP contribution in [0.25, 0.3) is 0 Å². The van der Waals surface area contributed by atoms with Gasteiger partial charge in [-0.3, -0.25) is 4.79 Å². The number of hydrogen-bond donors (Lipinski definition) is 1. The zero-order valence-electron chi connectivity index (χ0n) is 13.1. The van der Waals surface area contributed by atoms with E-state index in [-0.39, 0.29) is 12.0 Å². The summed E-state index contributed by atoms with van der Waals surface area (Å²) in [5.74, 6) is 0.640. The molecular formula is C18H25NO3. The molecular weight excluding hydrogens is 278 g/mol. The molecule has 1 heterocycles. The number of nitrogens with one attached hydrogen (secondary N) is 1. The topological polar surface area (TPSA) is 47.6 Å². The van der Waals surface area contributed by atoms with Crippen molar-refractivity contribution in [1.29, 1.82) is 0 Å². The van der Waals surface area contributed by atoms with Gasteiger partial charge in [-0.05, 0) is 37.8 Å². The molecule has 0 aromatic heterocycles. The molecule has 1 saturated carbocycles. The van der Waals surface area contributed by atoms with E-state index in [4.69, 9.17) is 9.47 Å². The first-order valence-electron chi connectivity index (χ1n) is 8.47. The van der Waals surface area contributed by atoms with Crippen LogP contribution in [-0.2, 0) is 4.74 Å². The molecule has 1 amide bonds. The SMILES string of the molecule is O=C(NC1CCCCC1)c1ccccc1OC[C@@H]1CCCO1. The molecule has 3 rings (SSSR count). The summed E-state index contributed by atoms with van der Waals surface area (Å²) in [5.41, 5.74) is 0.631. The van der Waals surface area contributed by atoms with Crippen molar-refractivity contribution in [2.75, 3.05) is 13.2 Å². The minimum absolute atomic E-state index is 0.0187. The number of rotatable bonds is 5. The number of amides is 1. The summed E-state index contributed by atoms with van der Waals surface area (Å²) in [7, 11) is 0. The lowest BCUT2D eigenvalue weighted by Crippen LogP contribution is -2.36. The summed E-state index contributed by atoms with van der Waals surface area (Å²) in [5, 5.41) is 3.15. The van der Waals surface area contributed by atoms with Crippen molar-refractivity contribution in [2.24, 2.45) is 0 Å². The summed E-state index contributed by atoms with van der Waals surface area (Å²) in [6.07, 6.45) is 8.18. The van der Waals surface area contributed by atoms with Crippen molar-refractivity contribution in [3.63, 3.8) is 0 Å². The molecule has 1 aromatic rings. The summed E-state index contributed by atoms with van der Waals surface area (Å²) in [6, 6.07) is 7.80. The third kappa shape index (κ3) is 4.01. The van der Waals surface area contributed by atoms with Crippen LogP contribution >= 0.6 is 0 Å². The summed E-state index contributed by atoms with van der Waals surface area (Å²) >= 11 is 0. The lowest BCUT2D eigenvalue weighted by Gasteiger charge is -2.23. The van der Waals surface area contributed by atoms with E-state index in [1.165, 1.54) is 19.3 Å². The average molecular weight is 303 g/mol. The average Bonchev–Trinajstić information content (AvgIpc) is 3.07. The lowest BCUT2D eigenvalue weighted by molar-refractivity contribution is 0.0669. The van der Waals surface area contributed by atoms with Crippen LogP contribution in [0.4, 0.5) is 0 Å². The van der Waals surface area contributed by atoms with E-state index < -0.39 is 0 Å². The van der Waals surface area contributed by atoms with Crippen molar-refractivity contribution in [2.45, 2.75) is 57.1 Å². The Hall–Kier alpha value is -1.55. The molecule has 4 nitrogen and oxygen atoms in total. The number of benzene rings is 1. The van der Waals surface area contributed by atoms with Crippen LogP contribution in [0.15, 0.2) is 24.3 Å². The summed E-state index contributed by atoms with van der Waals surface area (Å²) < 4.78 is 11.4. The van der Waals surface area contributed by atoms with E-state index in [0.29, 0.717) is 24.0 Å². The van der Waals surface area contributed by atoms with E-state index in [0.717, 1.165) is 32.3 Å². The maximum absolute atomic E-state index is 12.5. The fourth-order valence-corrected chi connectivity index (χ4v) is 3.25. The second-order valence-corrected chi connectivity index (χ2v) is 6.25. The number of carbonyl (C=O) groups excluding carboxylic acids is 1. The highest BCUT2D eigenvalue weighted by Crippen LogP contribution is 2.22. The second-order valence-electron chi connectivity index (χ2n) is 6.25. The first-order chi connectivity index (χ1) is 10.8. The van der Waals surface area contributed by atoms with Gasteiger partial charge in [0.1, 0.15) is 12.4 Å². The molecule has 1 aromatic carbocycles. The van der Waals surface area contributed by atoms with Gasteiger partial charge in [-0.2, -0.15) is 0 Å². The number of ether oxygens (including phenoxy) is 2. The Kier molecular flexibility index (Phi) is 5.33. The van der Waals surface area contributed by atoms with Crippen molar-refractivity contribution in [3.05, 3.63) is 29.8 Å². The molecule has 1 atom stereocenters. The Morgan fingerprint density at radius 2 is 1.95 bits per heavy atom. The molecule has 1 aliphatic heterocycles. The van der Waals surface area contributed by atoms with Crippen LogP contribution < -0.4 is 10.1 Å². The van der Waals surface area contributed by atoms with Gasteiger partial charge in [-0.25, -0.2) is 0 Å². The van der Waals surface area contributed by atoms with Gasteiger partial charge in [0.25, 0.3) is 5.91 Å². The fraction of sp³-hybridized carbons (Fsp3) is 0.611. The van der Waals surface area contributed by atoms with Gasteiger partial charge in [0.2, 0.25) is 0 Å². The van der Waals surface area contributed by atoms with E-state index in [9.17, 15) is 4.79 Å². The standard InChI is InChI=1S/C18H25NO3/c20-18(19-14-7-2-1-3-8-14)16-10-4-5-11-17(16)22-13-15-9-6-12-21-15/h4-5,10-11,14-15H,1-3,6-9,12-13H2,(H,19,20)/t15-/m0/s1. The molecule has 1 N–H and O–H groups in total. The van der Waals surface area contributed by atoms with Gasteiger partial charge in [0.15, 0.2) is 0 Å². The molecule has 1 saturated heterocycles. The molecule has 0 unspecified atom stereocenters. The zero-order valence-corrected chi connectivity index (χ0v) is 13.1. The predicted molar refractivity (Wildman–Crippen MR) is 85.3 cm³/mol. The Balaban J connectivity index is 1.60. The first-order valence-corrected chi connectivity index (χ1v) is 8.47. The fourth-order valence-electron chi connectivity index (χ4n) is 3.25. The van der Waals surface area contributed by atoms with Gasteiger partial charge in [0, 0.05) is 12.6 Å². The van der Waals surface area contributed by atoms with E-state index >= 15 is 0 Å². The Morgan fingerprint density at radius 1 is 1.14 bits per heavy atom. The predicted octanol–water partition coefficient (Wildman–Crippen LogP) is 3.31. The van der Waals surface area contributed by atoms with Gasteiger partial charge in [0.05, 0.1) is 11.7 Å². The Labute approximate surface area is 132 Å². The zero-order chi connectivity index (χ0) is 15.2. The molecule has 0 spiro atoms. The molecule has 120 valence electrons. The number of hydrogen-bond acceptors (Lipinski definition) is 3. The highest BCUT2D eigenvalue weighted by Gasteiger charge is 2.20. The molecule has 2 aliphatic rings. The quantitative estimate of drug-likeness (QED) is 0.908. The van der Waals surface area contributed by atoms with E-state index in [1.807, 2.05) is 24.3 Å². The van der Waals surface area contributed by atoms with Crippen molar-refractivity contribution in [1.82, 2.24) is 5.32 Å². The summed E-state index contributed by atoms with van der Waals surface area (Å²) in [6.45, 7) is 1.34. The largest absolute Gasteiger partial charge is 0.490 e. The Morgan fingerprint density at radius 3 is 2.73 bits per heavy atom. The van der Waals surface area contributed by atoms with E-state index in [1.54, 1.807) is 0 Å². The highest BCUT2D eigenvalue weighted by atomic mass is 16.5. The normalized spacial score (nSPS) is 22.5. The van der Waals surface area contributed by atoms with Gasteiger partial charge >= 0.3 is 0 Å². The lowest BCUT2D eigenvalue weighted by atomic mass is 9.95. The minimum atomic E-state index is -0.0187. The maximum Gasteiger partial charge on any atom is 0.255 e. The van der Waals surface area contributed by atoms with Crippen LogP contribution in [0.1, 0.15) is 55.3 Å². The Bertz CT molecular complexity index is 491. The van der Waals surface area contributed by atoms with Crippen LogP contribution in [0.5, 0.6) is 5.75 Å². The van der Waals surface area contributed by atoms with Gasteiger partial charge in [-0.1, -0.05) is 31.4 Å². The van der Waals surface area contributed by atoms with Crippen molar-refractivity contribution in [3.8, 4) is 5.75 Å². The molecule has 2 fully saturated rings. The first kappa shape index (κ1) is 15.3. The van der Waals surface area contributed by atoms with Gasteiger partial charge < -0.3 is 14.8 Å². The molecule has 4 heteroatoms. The second kappa shape index (κ2) is 7.63. The monoisotopic (exact) mass is 303 g/mol. The third-order valence-corrected chi connectivity index (χ3v) is 4.52. The number of carbonyl (C=O) groups is 1. The number of para-hydroxylation sites is 1. The molecule has 0 radical (unpaired) electrons. The third-order valence-electron chi connectivity index (χ3n) is 4.52. The van der Waals surface area contributed by atoms with Crippen molar-refractivity contribution < 1.29 is 14.3 Å².